The van der Waals surface area contributed by atoms with Crippen molar-refractivity contribution in [2.45, 2.75) is 60.5 Å². The first-order chi connectivity index (χ1) is 13.9. The Bertz CT molecular complexity index is 820. The molecule has 30 heavy (non-hydrogen) atoms. The fourth-order valence-corrected chi connectivity index (χ4v) is 2.80. The molecule has 0 saturated carbocycles. The van der Waals surface area contributed by atoms with Gasteiger partial charge in [0.15, 0.2) is 11.6 Å². The SMILES string of the molecule is CC(C)(C)OC(N)=O.Cc1nccc(-c2ccc(OCC(C)CC(C)C)c(F)c2)n1. The van der Waals surface area contributed by atoms with E-state index in [4.69, 9.17) is 10.5 Å². The van der Waals surface area contributed by atoms with Crippen LogP contribution in [0.2, 0.25) is 0 Å². The first-order valence-electron chi connectivity index (χ1n) is 10.1. The summed E-state index contributed by atoms with van der Waals surface area (Å²) < 4.78 is 24.4. The number of hydrogen-bond acceptors (Lipinski definition) is 5. The van der Waals surface area contributed by atoms with Gasteiger partial charge in [0.05, 0.1) is 12.3 Å². The predicted octanol–water partition coefficient (Wildman–Crippen LogP) is 5.53. The lowest BCUT2D eigenvalue weighted by molar-refractivity contribution is 0.0600. The number of carbonyl (C=O) groups is 1. The van der Waals surface area contributed by atoms with Crippen molar-refractivity contribution in [1.29, 1.82) is 0 Å². The lowest BCUT2D eigenvalue weighted by atomic mass is 10.00. The first kappa shape index (κ1) is 25.3. The van der Waals surface area contributed by atoms with Crippen LogP contribution in [0.15, 0.2) is 30.5 Å². The highest BCUT2D eigenvalue weighted by Gasteiger charge is 2.12. The second-order valence-electron chi connectivity index (χ2n) is 8.71. The monoisotopic (exact) mass is 419 g/mol. The Hall–Kier alpha value is -2.70. The average molecular weight is 420 g/mol. The van der Waals surface area contributed by atoms with Crippen molar-refractivity contribution in [3.63, 3.8) is 0 Å². The maximum absolute atomic E-state index is 14.2. The largest absolute Gasteiger partial charge is 0.490 e. The number of amides is 1. The number of halogens is 1. The number of hydrogen-bond donors (Lipinski definition) is 1. The predicted molar refractivity (Wildman–Crippen MR) is 117 cm³/mol. The van der Waals surface area contributed by atoms with E-state index in [0.29, 0.717) is 35.7 Å². The Balaban J connectivity index is 0.000000479. The fourth-order valence-electron chi connectivity index (χ4n) is 2.80. The van der Waals surface area contributed by atoms with Crippen LogP contribution in [0.25, 0.3) is 11.3 Å². The Labute approximate surface area is 179 Å². The number of rotatable bonds is 6. The number of nitrogens with zero attached hydrogens (tertiary/aromatic N) is 2. The molecule has 2 rings (SSSR count). The molecule has 0 aliphatic heterocycles. The molecule has 0 spiro atoms. The molecule has 7 heteroatoms. The summed E-state index contributed by atoms with van der Waals surface area (Å²) in [4.78, 5) is 18.4. The Morgan fingerprint density at radius 2 is 1.87 bits per heavy atom. The first-order valence-corrected chi connectivity index (χ1v) is 10.1. The number of nitrogens with two attached hydrogens (primary N) is 1. The zero-order valence-corrected chi connectivity index (χ0v) is 19.0. The van der Waals surface area contributed by atoms with Crippen LogP contribution in [0.1, 0.15) is 53.8 Å². The summed E-state index contributed by atoms with van der Waals surface area (Å²) in [5.74, 6) is 1.63. The molecule has 0 fully saturated rings. The molecule has 1 amide bonds. The van der Waals surface area contributed by atoms with Crippen molar-refractivity contribution >= 4 is 6.09 Å². The van der Waals surface area contributed by atoms with Gasteiger partial charge in [0.1, 0.15) is 11.4 Å². The van der Waals surface area contributed by atoms with Crippen LogP contribution in [0.4, 0.5) is 9.18 Å². The third-order valence-electron chi connectivity index (χ3n) is 3.81. The van der Waals surface area contributed by atoms with Gasteiger partial charge in [-0.2, -0.15) is 0 Å². The molecule has 2 N–H and O–H groups in total. The minimum atomic E-state index is -0.725. The van der Waals surface area contributed by atoms with E-state index in [1.165, 1.54) is 6.07 Å². The van der Waals surface area contributed by atoms with Crippen molar-refractivity contribution in [2.75, 3.05) is 6.61 Å². The highest BCUT2D eigenvalue weighted by molar-refractivity contribution is 5.65. The smallest absolute Gasteiger partial charge is 0.405 e. The Kier molecular flexibility index (Phi) is 9.69. The van der Waals surface area contributed by atoms with Crippen LogP contribution < -0.4 is 10.5 Å². The van der Waals surface area contributed by atoms with Gasteiger partial charge in [0, 0.05) is 11.8 Å². The normalized spacial score (nSPS) is 12.0. The fraction of sp³-hybridized carbons (Fsp3) is 0.522. The van der Waals surface area contributed by atoms with Crippen molar-refractivity contribution in [3.8, 4) is 17.0 Å². The molecule has 1 aromatic heterocycles. The molecule has 1 atom stereocenters. The highest BCUT2D eigenvalue weighted by atomic mass is 19.1. The van der Waals surface area contributed by atoms with E-state index in [1.807, 2.05) is 13.0 Å². The number of benzene rings is 1. The van der Waals surface area contributed by atoms with Crippen molar-refractivity contribution < 1.29 is 18.7 Å². The number of primary amides is 1. The van der Waals surface area contributed by atoms with E-state index in [9.17, 15) is 9.18 Å². The van der Waals surface area contributed by atoms with Crippen LogP contribution in [0, 0.1) is 24.6 Å². The molecular formula is C23H34FN3O3. The molecule has 0 radical (unpaired) electrons. The number of aryl methyl sites for hydroxylation is 1. The lowest BCUT2D eigenvalue weighted by Gasteiger charge is -2.16. The van der Waals surface area contributed by atoms with Crippen molar-refractivity contribution in [1.82, 2.24) is 9.97 Å². The molecule has 0 saturated heterocycles. The summed E-state index contributed by atoms with van der Waals surface area (Å²) in [5, 5.41) is 0. The molecule has 6 nitrogen and oxygen atoms in total. The summed E-state index contributed by atoms with van der Waals surface area (Å²) in [7, 11) is 0. The van der Waals surface area contributed by atoms with E-state index in [0.717, 1.165) is 12.0 Å². The highest BCUT2D eigenvalue weighted by Crippen LogP contribution is 2.25. The summed E-state index contributed by atoms with van der Waals surface area (Å²) in [5.41, 5.74) is 5.71. The van der Waals surface area contributed by atoms with E-state index in [2.05, 4.69) is 35.5 Å². The standard InChI is InChI=1S/C18H23FN2O.C5H11NO2/c1-12(2)9-13(3)11-22-18-6-5-15(10-16(18)19)17-7-8-20-14(4)21-17;1-5(2,3)8-4(6)7/h5-8,10,12-13H,9,11H2,1-4H3;1-3H3,(H2,6,7). The molecule has 1 aromatic carbocycles. The van der Waals surface area contributed by atoms with Crippen LogP contribution in [-0.2, 0) is 4.74 Å². The average Bonchev–Trinajstić information content (AvgIpc) is 2.58. The van der Waals surface area contributed by atoms with Crippen LogP contribution in [-0.4, -0.2) is 28.3 Å². The van der Waals surface area contributed by atoms with E-state index in [-0.39, 0.29) is 5.82 Å². The molecular weight excluding hydrogens is 385 g/mol. The maximum atomic E-state index is 14.2. The summed E-state index contributed by atoms with van der Waals surface area (Å²) >= 11 is 0. The molecule has 0 bridgehead atoms. The van der Waals surface area contributed by atoms with Gasteiger partial charge in [-0.05, 0) is 70.2 Å². The third kappa shape index (κ3) is 10.2. The summed E-state index contributed by atoms with van der Waals surface area (Å²) in [6.45, 7) is 14.1. The van der Waals surface area contributed by atoms with Crippen molar-refractivity contribution in [2.24, 2.45) is 17.6 Å². The van der Waals surface area contributed by atoms with Gasteiger partial charge >= 0.3 is 6.09 Å². The summed E-state index contributed by atoms with van der Waals surface area (Å²) in [6.07, 6.45) is 2.02. The topological polar surface area (TPSA) is 87.3 Å². The van der Waals surface area contributed by atoms with Gasteiger partial charge < -0.3 is 15.2 Å². The third-order valence-corrected chi connectivity index (χ3v) is 3.81. The van der Waals surface area contributed by atoms with Gasteiger partial charge in [0.25, 0.3) is 0 Å². The second kappa shape index (κ2) is 11.5. The van der Waals surface area contributed by atoms with E-state index in [1.54, 1.807) is 39.1 Å². The quantitative estimate of drug-likeness (QED) is 0.665. The van der Waals surface area contributed by atoms with Crippen LogP contribution in [0.5, 0.6) is 5.75 Å². The van der Waals surface area contributed by atoms with E-state index >= 15 is 0 Å². The summed E-state index contributed by atoms with van der Waals surface area (Å²) in [6, 6.07) is 6.73. The van der Waals surface area contributed by atoms with Crippen LogP contribution in [0.3, 0.4) is 0 Å². The Morgan fingerprint density at radius 3 is 2.33 bits per heavy atom. The minimum Gasteiger partial charge on any atom is -0.490 e. The van der Waals surface area contributed by atoms with Gasteiger partial charge in [0.2, 0.25) is 0 Å². The van der Waals surface area contributed by atoms with Gasteiger partial charge in [-0.25, -0.2) is 19.2 Å². The van der Waals surface area contributed by atoms with Gasteiger partial charge in [-0.1, -0.05) is 20.8 Å². The minimum absolute atomic E-state index is 0.296. The molecule has 1 heterocycles. The zero-order valence-electron chi connectivity index (χ0n) is 19.0. The van der Waals surface area contributed by atoms with Gasteiger partial charge in [-0.15, -0.1) is 0 Å². The molecule has 2 aromatic rings. The molecule has 166 valence electrons. The second-order valence-corrected chi connectivity index (χ2v) is 8.71. The van der Waals surface area contributed by atoms with Crippen LogP contribution >= 0.6 is 0 Å². The maximum Gasteiger partial charge on any atom is 0.405 e. The Morgan fingerprint density at radius 1 is 1.20 bits per heavy atom. The number of aromatic nitrogens is 2. The molecule has 1 unspecified atom stereocenters. The number of carbonyl (C=O) groups excluding carboxylic acids is 1. The van der Waals surface area contributed by atoms with Crippen molar-refractivity contribution in [3.05, 3.63) is 42.1 Å². The number of ether oxygens (including phenoxy) is 2. The molecule has 0 aliphatic rings. The molecule has 0 aliphatic carbocycles. The zero-order chi connectivity index (χ0) is 22.9. The van der Waals surface area contributed by atoms with E-state index < -0.39 is 11.7 Å². The van der Waals surface area contributed by atoms with Gasteiger partial charge in [-0.3, -0.25) is 0 Å². The lowest BCUT2D eigenvalue weighted by Crippen LogP contribution is -2.27.